The number of para-hydroxylation sites is 1. The molecule has 0 radical (unpaired) electrons. The summed E-state index contributed by atoms with van der Waals surface area (Å²) in [5.74, 6) is -0.548. The fraction of sp³-hybridized carbons (Fsp3) is 0.118. The molecule has 0 saturated carbocycles. The molecule has 0 unspecified atom stereocenters. The Balaban J connectivity index is 2.05. The van der Waals surface area contributed by atoms with E-state index in [1.54, 1.807) is 12.1 Å². The van der Waals surface area contributed by atoms with Crippen molar-refractivity contribution in [1.82, 2.24) is 0 Å². The van der Waals surface area contributed by atoms with Crippen LogP contribution in [0.3, 0.4) is 0 Å². The topological polar surface area (TPSA) is 46.5 Å². The van der Waals surface area contributed by atoms with Crippen LogP contribution in [0.1, 0.15) is 21.5 Å². The summed E-state index contributed by atoms with van der Waals surface area (Å²) in [6.45, 7) is 2.17. The Labute approximate surface area is 118 Å². The van der Waals surface area contributed by atoms with Crippen molar-refractivity contribution < 1.29 is 14.6 Å². The first kappa shape index (κ1) is 13.9. The van der Waals surface area contributed by atoms with Gasteiger partial charge in [-0.05, 0) is 30.2 Å². The van der Waals surface area contributed by atoms with Gasteiger partial charge in [-0.2, -0.15) is 0 Å². The molecule has 0 bridgehead atoms. The summed E-state index contributed by atoms with van der Waals surface area (Å²) in [4.78, 5) is 11.1. The van der Waals surface area contributed by atoms with Crippen molar-refractivity contribution in [3.63, 3.8) is 0 Å². The number of carbonyl (C=O) groups is 1. The monoisotopic (exact) mass is 268 g/mol. The fourth-order valence-corrected chi connectivity index (χ4v) is 1.89. The Hall–Kier alpha value is -2.55. The lowest BCUT2D eigenvalue weighted by Gasteiger charge is -2.10. The highest BCUT2D eigenvalue weighted by Crippen LogP contribution is 2.23. The normalized spacial score (nSPS) is 10.7. The van der Waals surface area contributed by atoms with Crippen LogP contribution in [-0.4, -0.2) is 17.7 Å². The van der Waals surface area contributed by atoms with Crippen molar-refractivity contribution in [1.29, 1.82) is 0 Å². The maximum atomic E-state index is 11.1. The standard InChI is InChI=1S/C17H16O3/c1-13-7-5-11-15(17(18)19)16(13)20-12-6-10-14-8-3-2-4-9-14/h2-11H,12H2,1H3,(H,18,19). The molecule has 2 aromatic carbocycles. The Kier molecular flexibility index (Phi) is 4.56. The van der Waals surface area contributed by atoms with Crippen molar-refractivity contribution in [2.75, 3.05) is 6.61 Å². The predicted octanol–water partition coefficient (Wildman–Crippen LogP) is 3.79. The first-order chi connectivity index (χ1) is 9.68. The molecular weight excluding hydrogens is 252 g/mol. The van der Waals surface area contributed by atoms with Gasteiger partial charge < -0.3 is 9.84 Å². The third-order valence-electron chi connectivity index (χ3n) is 2.88. The fourth-order valence-electron chi connectivity index (χ4n) is 1.89. The van der Waals surface area contributed by atoms with Crippen LogP contribution in [0, 0.1) is 6.92 Å². The molecule has 0 heterocycles. The highest BCUT2D eigenvalue weighted by Gasteiger charge is 2.12. The Morgan fingerprint density at radius 2 is 1.90 bits per heavy atom. The molecule has 102 valence electrons. The smallest absolute Gasteiger partial charge is 0.339 e. The minimum Gasteiger partial charge on any atom is -0.488 e. The maximum absolute atomic E-state index is 11.1. The Bertz CT molecular complexity index is 615. The summed E-state index contributed by atoms with van der Waals surface area (Å²) >= 11 is 0. The van der Waals surface area contributed by atoms with Gasteiger partial charge in [-0.3, -0.25) is 0 Å². The van der Waals surface area contributed by atoms with Crippen LogP contribution in [-0.2, 0) is 0 Å². The largest absolute Gasteiger partial charge is 0.488 e. The summed E-state index contributed by atoms with van der Waals surface area (Å²) in [6, 6.07) is 15.0. The molecular formula is C17H16O3. The summed E-state index contributed by atoms with van der Waals surface area (Å²) in [6.07, 6.45) is 3.81. The number of rotatable bonds is 5. The molecule has 0 fully saturated rings. The summed E-state index contributed by atoms with van der Waals surface area (Å²) < 4.78 is 5.58. The van der Waals surface area contributed by atoms with Gasteiger partial charge in [0.2, 0.25) is 0 Å². The number of carboxylic acids is 1. The second-order valence-electron chi connectivity index (χ2n) is 4.38. The zero-order valence-electron chi connectivity index (χ0n) is 11.2. The molecule has 2 rings (SSSR count). The van der Waals surface area contributed by atoms with E-state index < -0.39 is 5.97 Å². The molecule has 0 aromatic heterocycles. The number of aryl methyl sites for hydroxylation is 1. The van der Waals surface area contributed by atoms with E-state index in [2.05, 4.69) is 0 Å². The minimum atomic E-state index is -0.976. The van der Waals surface area contributed by atoms with Crippen LogP contribution in [0.4, 0.5) is 0 Å². The number of ether oxygens (including phenoxy) is 1. The van der Waals surface area contributed by atoms with Gasteiger partial charge >= 0.3 is 5.97 Å². The molecule has 0 aliphatic heterocycles. The van der Waals surface area contributed by atoms with Crippen molar-refractivity contribution >= 4 is 12.0 Å². The Morgan fingerprint density at radius 3 is 2.60 bits per heavy atom. The van der Waals surface area contributed by atoms with Crippen LogP contribution >= 0.6 is 0 Å². The molecule has 0 atom stereocenters. The second-order valence-corrected chi connectivity index (χ2v) is 4.38. The van der Waals surface area contributed by atoms with Crippen LogP contribution in [0.25, 0.3) is 6.08 Å². The predicted molar refractivity (Wildman–Crippen MR) is 79.1 cm³/mol. The summed E-state index contributed by atoms with van der Waals surface area (Å²) in [7, 11) is 0. The average molecular weight is 268 g/mol. The number of hydrogen-bond acceptors (Lipinski definition) is 2. The lowest BCUT2D eigenvalue weighted by atomic mass is 10.1. The lowest BCUT2D eigenvalue weighted by molar-refractivity contribution is 0.0692. The molecule has 0 spiro atoms. The van der Waals surface area contributed by atoms with Crippen LogP contribution < -0.4 is 4.74 Å². The van der Waals surface area contributed by atoms with E-state index in [4.69, 9.17) is 9.84 Å². The molecule has 3 heteroatoms. The maximum Gasteiger partial charge on any atom is 0.339 e. The van der Waals surface area contributed by atoms with Gasteiger partial charge in [0.05, 0.1) is 0 Å². The highest BCUT2D eigenvalue weighted by atomic mass is 16.5. The lowest BCUT2D eigenvalue weighted by Crippen LogP contribution is -2.04. The van der Waals surface area contributed by atoms with Crippen molar-refractivity contribution in [2.24, 2.45) is 0 Å². The van der Waals surface area contributed by atoms with Gasteiger partial charge in [0.15, 0.2) is 0 Å². The zero-order valence-corrected chi connectivity index (χ0v) is 11.2. The second kappa shape index (κ2) is 6.57. The van der Waals surface area contributed by atoms with Gasteiger partial charge in [-0.25, -0.2) is 4.79 Å². The molecule has 2 aromatic rings. The van der Waals surface area contributed by atoms with E-state index in [0.29, 0.717) is 12.4 Å². The molecule has 1 N–H and O–H groups in total. The zero-order chi connectivity index (χ0) is 14.4. The van der Waals surface area contributed by atoms with Crippen LogP contribution in [0.15, 0.2) is 54.6 Å². The van der Waals surface area contributed by atoms with Crippen LogP contribution in [0.2, 0.25) is 0 Å². The van der Waals surface area contributed by atoms with Crippen molar-refractivity contribution in [3.8, 4) is 5.75 Å². The summed E-state index contributed by atoms with van der Waals surface area (Å²) in [5, 5.41) is 9.13. The number of aromatic carboxylic acids is 1. The van der Waals surface area contributed by atoms with Gasteiger partial charge in [0.1, 0.15) is 17.9 Å². The minimum absolute atomic E-state index is 0.193. The third-order valence-corrected chi connectivity index (χ3v) is 2.88. The average Bonchev–Trinajstić information content (AvgIpc) is 2.45. The highest BCUT2D eigenvalue weighted by molar-refractivity contribution is 5.91. The molecule has 0 aliphatic rings. The van der Waals surface area contributed by atoms with E-state index in [0.717, 1.165) is 11.1 Å². The van der Waals surface area contributed by atoms with E-state index in [9.17, 15) is 4.79 Å². The SMILES string of the molecule is Cc1cccc(C(=O)O)c1OCC=Cc1ccccc1. The first-order valence-corrected chi connectivity index (χ1v) is 6.36. The first-order valence-electron chi connectivity index (χ1n) is 6.36. The third kappa shape index (κ3) is 3.48. The number of benzene rings is 2. The molecule has 3 nitrogen and oxygen atoms in total. The summed E-state index contributed by atoms with van der Waals surface area (Å²) in [5.41, 5.74) is 2.09. The van der Waals surface area contributed by atoms with E-state index in [-0.39, 0.29) is 5.56 Å². The molecule has 0 aliphatic carbocycles. The van der Waals surface area contributed by atoms with Gasteiger partial charge in [0, 0.05) is 0 Å². The van der Waals surface area contributed by atoms with Gasteiger partial charge in [-0.1, -0.05) is 48.5 Å². The quantitative estimate of drug-likeness (QED) is 0.897. The van der Waals surface area contributed by atoms with E-state index >= 15 is 0 Å². The molecule has 0 amide bonds. The number of hydrogen-bond donors (Lipinski definition) is 1. The molecule has 20 heavy (non-hydrogen) atoms. The Morgan fingerprint density at radius 1 is 1.15 bits per heavy atom. The van der Waals surface area contributed by atoms with E-state index in [1.165, 1.54) is 0 Å². The van der Waals surface area contributed by atoms with E-state index in [1.807, 2.05) is 55.5 Å². The van der Waals surface area contributed by atoms with Crippen LogP contribution in [0.5, 0.6) is 5.75 Å². The van der Waals surface area contributed by atoms with Crippen molar-refractivity contribution in [3.05, 3.63) is 71.3 Å². The number of carboxylic acid groups (broad SMARTS) is 1. The van der Waals surface area contributed by atoms with Crippen molar-refractivity contribution in [2.45, 2.75) is 6.92 Å². The van der Waals surface area contributed by atoms with Gasteiger partial charge in [0.25, 0.3) is 0 Å². The van der Waals surface area contributed by atoms with Gasteiger partial charge in [-0.15, -0.1) is 0 Å². The molecule has 0 saturated heterocycles.